The number of H-pyrrole nitrogens is 3. The second-order valence-corrected chi connectivity index (χ2v) is 20.7. The summed E-state index contributed by atoms with van der Waals surface area (Å²) in [5.74, 6) is -5.44. The van der Waals surface area contributed by atoms with E-state index in [-0.39, 0.29) is 77.1 Å². The molecule has 0 aliphatic carbocycles. The number of anilines is 2. The Labute approximate surface area is 471 Å². The normalized spacial score (nSPS) is 14.3. The highest BCUT2D eigenvalue weighted by Crippen LogP contribution is 2.43. The molecule has 0 saturated carbocycles. The number of nitrogens with one attached hydrogen (secondary N) is 7. The highest BCUT2D eigenvalue weighted by molar-refractivity contribution is 6.03. The number of rotatable bonds is 24. The first-order chi connectivity index (χ1) is 39.2. The van der Waals surface area contributed by atoms with Gasteiger partial charge < -0.3 is 57.3 Å². The fraction of sp³-hybridized carbons (Fsp3) is 0.350. The number of benzene rings is 1. The van der Waals surface area contributed by atoms with Gasteiger partial charge in [0.1, 0.15) is 11.9 Å². The summed E-state index contributed by atoms with van der Waals surface area (Å²) in [6.07, 6.45) is 6.40. The fourth-order valence-corrected chi connectivity index (χ4v) is 10.6. The number of carboxylic acids is 3. The summed E-state index contributed by atoms with van der Waals surface area (Å²) < 4.78 is 0. The van der Waals surface area contributed by atoms with Gasteiger partial charge in [-0.05, 0) is 118 Å². The van der Waals surface area contributed by atoms with Gasteiger partial charge in [0.2, 0.25) is 11.8 Å². The molecule has 2 aliphatic heterocycles. The lowest BCUT2D eigenvalue weighted by atomic mass is 9.84. The smallest absolute Gasteiger partial charge is 0.338 e. The van der Waals surface area contributed by atoms with Gasteiger partial charge in [0.05, 0.1) is 58.5 Å². The van der Waals surface area contributed by atoms with Crippen molar-refractivity contribution in [3.8, 4) is 0 Å². The van der Waals surface area contributed by atoms with E-state index in [4.69, 9.17) is 15.7 Å². The third kappa shape index (κ3) is 13.4. The number of hydrogen-bond acceptors (Lipinski definition) is 13. The van der Waals surface area contributed by atoms with Crippen LogP contribution in [0.15, 0.2) is 72.2 Å². The molecule has 3 atom stereocenters. The van der Waals surface area contributed by atoms with Crippen molar-refractivity contribution < 1.29 is 44.1 Å². The standard InChI is InChI=1S/C60H68N12O10/c1-7-37-30(3)42-24-44-32(5)39(54(69-44)40(23-52(75)76)55-53(60(81)82)33(6)45(70-55)26-47-38(8-2)31(4)43(68-47)25-46(37)67-42)17-19-50(73)62-21-11-9-10-12-22-63-51(74)20-18-41(59(79)80)71-57(77)34-13-15-35(16-14-34)64-28-36-29-65-48-27-49(61)72-58(78)56(48)66-36/h7,13-16,24-27,29,32,39,41,64,68,70H,1,8-12,17-23,28H2,2-6H3,(H,62,73)(H,63,74)(H,71,77)(H,75,76)(H,79,80)(H,81,82)(H3,61,72,78). The number of aliphatic carboxylic acids is 2. The SMILES string of the molecule is C=CC1=C(C)c2cc3nc(c(CC(=O)O)c4[nH]c(cc5[nH]c(cc1n2)c(C)c5CC)c(C)c4C(=O)O)C(CCC(=O)NCCCCCCNC(=O)CCC(NC(=O)c1ccc(NCc2cnc4cc(N)[nH]c(=O)c4n2)cc1)C(=O)O)C3C. The predicted octanol–water partition coefficient (Wildman–Crippen LogP) is 7.89. The molecule has 8 bridgehead atoms. The number of amides is 3. The minimum Gasteiger partial charge on any atom is -0.481 e. The van der Waals surface area contributed by atoms with Gasteiger partial charge >= 0.3 is 17.9 Å². The van der Waals surface area contributed by atoms with Crippen LogP contribution in [0.3, 0.4) is 0 Å². The van der Waals surface area contributed by atoms with Crippen LogP contribution in [-0.4, -0.2) is 105 Å². The number of allylic oxidation sites excluding steroid dienone is 3. The maximum absolute atomic E-state index is 13.5. The number of unbranched alkanes of at least 4 members (excludes halogenated alkanes) is 3. The molecule has 0 spiro atoms. The van der Waals surface area contributed by atoms with Gasteiger partial charge in [-0.2, -0.15) is 0 Å². The predicted molar refractivity (Wildman–Crippen MR) is 312 cm³/mol. The maximum Gasteiger partial charge on any atom is 0.338 e. The van der Waals surface area contributed by atoms with Crippen LogP contribution < -0.4 is 32.6 Å². The zero-order valence-electron chi connectivity index (χ0n) is 46.5. The third-order valence-corrected chi connectivity index (χ3v) is 15.2. The number of aryl methyl sites for hydroxylation is 3. The molecule has 0 fully saturated rings. The number of nitrogens with zero attached hydrogens (tertiary/aromatic N) is 4. The first-order valence-corrected chi connectivity index (χ1v) is 27.3. The Morgan fingerprint density at radius 2 is 1.50 bits per heavy atom. The molecule has 3 unspecified atom stereocenters. The van der Waals surface area contributed by atoms with E-state index in [1.165, 1.54) is 24.4 Å². The van der Waals surface area contributed by atoms with Crippen molar-refractivity contribution in [2.75, 3.05) is 24.1 Å². The molecule has 0 radical (unpaired) electrons. The summed E-state index contributed by atoms with van der Waals surface area (Å²) in [5, 5.41) is 42.3. The third-order valence-electron chi connectivity index (χ3n) is 15.2. The summed E-state index contributed by atoms with van der Waals surface area (Å²) in [4.78, 5) is 117. The largest absolute Gasteiger partial charge is 0.481 e. The zero-order chi connectivity index (χ0) is 58.9. The number of pyridine rings is 1. The van der Waals surface area contributed by atoms with Gasteiger partial charge in [-0.25, -0.2) is 19.6 Å². The quantitative estimate of drug-likeness (QED) is 0.0257. The Hall–Kier alpha value is -9.47. The lowest BCUT2D eigenvalue weighted by Crippen LogP contribution is -2.41. The molecule has 12 N–H and O–H groups in total. The van der Waals surface area contributed by atoms with Crippen LogP contribution in [0, 0.1) is 13.8 Å². The van der Waals surface area contributed by atoms with E-state index in [2.05, 4.69) is 52.8 Å². The van der Waals surface area contributed by atoms with Gasteiger partial charge in [0, 0.05) is 88.5 Å². The number of aromatic amines is 3. The molecule has 6 aromatic rings. The summed E-state index contributed by atoms with van der Waals surface area (Å²) in [5.41, 5.74) is 16.2. The molecule has 0 saturated heterocycles. The highest BCUT2D eigenvalue weighted by atomic mass is 16.4. The van der Waals surface area contributed by atoms with E-state index < -0.39 is 47.8 Å². The lowest BCUT2D eigenvalue weighted by Gasteiger charge is -2.18. The molecule has 5 aromatic heterocycles. The number of carbonyl (C=O) groups is 6. The molecule has 7 heterocycles. The average Bonchev–Trinajstić information content (AvgIpc) is 3.08. The number of nitrogen functional groups attached to an aromatic ring is 1. The summed E-state index contributed by atoms with van der Waals surface area (Å²) in [7, 11) is 0. The topological polar surface area (TPSA) is 353 Å². The van der Waals surface area contributed by atoms with Gasteiger partial charge in [-0.15, -0.1) is 0 Å². The number of nitrogens with two attached hydrogens (primary N) is 1. The zero-order valence-corrected chi connectivity index (χ0v) is 46.5. The van der Waals surface area contributed by atoms with Crippen LogP contribution in [0.2, 0.25) is 0 Å². The molecular formula is C60H68N12O10. The number of aromatic carboxylic acids is 1. The Morgan fingerprint density at radius 3 is 2.16 bits per heavy atom. The van der Waals surface area contributed by atoms with Gasteiger partial charge in [0.25, 0.3) is 11.5 Å². The highest BCUT2D eigenvalue weighted by Gasteiger charge is 2.34. The van der Waals surface area contributed by atoms with Crippen LogP contribution in [0.25, 0.3) is 44.2 Å². The Kier molecular flexibility index (Phi) is 18.4. The van der Waals surface area contributed by atoms with Crippen molar-refractivity contribution >= 4 is 91.4 Å². The fourth-order valence-electron chi connectivity index (χ4n) is 10.6. The molecule has 1 aromatic carbocycles. The van der Waals surface area contributed by atoms with Crippen molar-refractivity contribution in [2.45, 2.75) is 123 Å². The molecule has 82 heavy (non-hydrogen) atoms. The first-order valence-electron chi connectivity index (χ1n) is 27.3. The Balaban J connectivity index is 0.828. The van der Waals surface area contributed by atoms with Crippen molar-refractivity contribution in [3.05, 3.63) is 140 Å². The number of aromatic nitrogens is 7. The number of carboxylic acid groups (broad SMARTS) is 3. The summed E-state index contributed by atoms with van der Waals surface area (Å²) in [6.45, 7) is 14.8. The minimum atomic E-state index is -1.31. The van der Waals surface area contributed by atoms with E-state index in [1.54, 1.807) is 25.1 Å². The minimum absolute atomic E-state index is 0.0529. The van der Waals surface area contributed by atoms with Crippen molar-refractivity contribution in [3.63, 3.8) is 0 Å². The monoisotopic (exact) mass is 1120 g/mol. The van der Waals surface area contributed by atoms with Crippen LogP contribution in [0.4, 0.5) is 11.5 Å². The van der Waals surface area contributed by atoms with E-state index in [9.17, 15) is 48.9 Å². The van der Waals surface area contributed by atoms with Gasteiger partial charge in [0.15, 0.2) is 5.52 Å². The maximum atomic E-state index is 13.5. The van der Waals surface area contributed by atoms with E-state index in [1.807, 2.05) is 45.9 Å². The molecule has 2 aliphatic rings. The summed E-state index contributed by atoms with van der Waals surface area (Å²) in [6, 6.07) is 12.3. The van der Waals surface area contributed by atoms with Crippen LogP contribution in [0.1, 0.15) is 155 Å². The van der Waals surface area contributed by atoms with E-state index >= 15 is 0 Å². The molecule has 428 valence electrons. The van der Waals surface area contributed by atoms with Gasteiger partial charge in [-0.3, -0.25) is 33.9 Å². The van der Waals surface area contributed by atoms with Crippen molar-refractivity contribution in [1.82, 2.24) is 50.8 Å². The number of fused-ring (bicyclic) bond motifs is 9. The second-order valence-electron chi connectivity index (χ2n) is 20.7. The van der Waals surface area contributed by atoms with E-state index in [0.717, 1.165) is 46.1 Å². The molecule has 22 nitrogen and oxygen atoms in total. The average molecular weight is 1120 g/mol. The number of hydrogen-bond donors (Lipinski definition) is 11. The van der Waals surface area contributed by atoms with Crippen LogP contribution >= 0.6 is 0 Å². The van der Waals surface area contributed by atoms with Crippen LogP contribution in [-0.2, 0) is 38.6 Å². The molecule has 3 amide bonds. The molecule has 8 rings (SSSR count). The van der Waals surface area contributed by atoms with Gasteiger partial charge in [-0.1, -0.05) is 39.3 Å². The lowest BCUT2D eigenvalue weighted by molar-refractivity contribution is -0.139. The van der Waals surface area contributed by atoms with Crippen molar-refractivity contribution in [1.29, 1.82) is 0 Å². The molecule has 22 heteroatoms. The first kappa shape index (κ1) is 58.7. The Bertz CT molecular complexity index is 3780. The molecular weight excluding hydrogens is 1050 g/mol. The Morgan fingerprint density at radius 1 is 0.805 bits per heavy atom. The van der Waals surface area contributed by atoms with E-state index in [0.29, 0.717) is 89.5 Å². The van der Waals surface area contributed by atoms with Crippen molar-refractivity contribution in [2.24, 2.45) is 0 Å². The number of carbonyl (C=O) groups excluding carboxylic acids is 3. The van der Waals surface area contributed by atoms with Crippen LogP contribution in [0.5, 0.6) is 0 Å². The summed E-state index contributed by atoms with van der Waals surface area (Å²) >= 11 is 0. The second kappa shape index (κ2) is 25.8.